The molecule has 0 saturated carbocycles. The lowest BCUT2D eigenvalue weighted by Crippen LogP contribution is -2.42. The predicted octanol–water partition coefficient (Wildman–Crippen LogP) is 2.04. The van der Waals surface area contributed by atoms with Gasteiger partial charge in [0.15, 0.2) is 11.5 Å². The first kappa shape index (κ1) is 12.7. The van der Waals surface area contributed by atoms with Crippen molar-refractivity contribution >= 4 is 23.5 Å². The Hall–Kier alpha value is -2.34. The monoisotopic (exact) mass is 288 g/mol. The molecule has 0 fully saturated rings. The average Bonchev–Trinajstić information content (AvgIpc) is 3.00. The van der Waals surface area contributed by atoms with Crippen LogP contribution in [0.15, 0.2) is 46.2 Å². The van der Waals surface area contributed by atoms with Crippen LogP contribution in [-0.2, 0) is 4.79 Å². The van der Waals surface area contributed by atoms with Crippen LogP contribution in [0.1, 0.15) is 5.56 Å². The van der Waals surface area contributed by atoms with E-state index in [0.29, 0.717) is 11.5 Å². The highest BCUT2D eigenvalue weighted by Crippen LogP contribution is 2.30. The standard InChI is InChI=1S/C14H12N2O3S/c17-14(16-15-7-10-5-6-20-9-10)13-8-18-11-3-1-2-4-12(11)19-13/h1-7,9,13H,8H2,(H,16,17)/b15-7-/t13-/m0/s1. The van der Waals surface area contributed by atoms with Crippen LogP contribution in [0, 0.1) is 0 Å². The van der Waals surface area contributed by atoms with Gasteiger partial charge in [0, 0.05) is 5.56 Å². The second-order valence-electron chi connectivity index (χ2n) is 4.16. The van der Waals surface area contributed by atoms with Gasteiger partial charge in [0.25, 0.3) is 5.91 Å². The summed E-state index contributed by atoms with van der Waals surface area (Å²) in [6.07, 6.45) is 0.899. The highest BCUT2D eigenvalue weighted by molar-refractivity contribution is 7.08. The summed E-state index contributed by atoms with van der Waals surface area (Å²) >= 11 is 1.57. The molecule has 1 N–H and O–H groups in total. The molecule has 1 aliphatic rings. The van der Waals surface area contributed by atoms with E-state index in [2.05, 4.69) is 10.5 Å². The van der Waals surface area contributed by atoms with Gasteiger partial charge in [0.2, 0.25) is 6.10 Å². The zero-order chi connectivity index (χ0) is 13.8. The maximum Gasteiger partial charge on any atom is 0.284 e. The van der Waals surface area contributed by atoms with Crippen LogP contribution < -0.4 is 14.9 Å². The van der Waals surface area contributed by atoms with Crippen molar-refractivity contribution in [2.24, 2.45) is 5.10 Å². The van der Waals surface area contributed by atoms with E-state index in [4.69, 9.17) is 9.47 Å². The minimum absolute atomic E-state index is 0.177. The molecule has 1 amide bonds. The first-order chi connectivity index (χ1) is 9.83. The molecule has 6 heteroatoms. The van der Waals surface area contributed by atoms with Gasteiger partial charge in [-0.15, -0.1) is 0 Å². The van der Waals surface area contributed by atoms with Crippen molar-refractivity contribution in [2.75, 3.05) is 6.61 Å². The van der Waals surface area contributed by atoms with Crippen LogP contribution in [-0.4, -0.2) is 24.8 Å². The van der Waals surface area contributed by atoms with Crippen LogP contribution in [0.5, 0.6) is 11.5 Å². The number of carbonyl (C=O) groups excluding carboxylic acids is 1. The molecule has 102 valence electrons. The number of fused-ring (bicyclic) bond motifs is 1. The Kier molecular flexibility index (Phi) is 3.64. The highest BCUT2D eigenvalue weighted by Gasteiger charge is 2.26. The molecule has 0 bridgehead atoms. The summed E-state index contributed by atoms with van der Waals surface area (Å²) in [5.74, 6) is 0.894. The van der Waals surface area contributed by atoms with Crippen LogP contribution >= 0.6 is 11.3 Å². The molecule has 3 rings (SSSR count). The summed E-state index contributed by atoms with van der Waals surface area (Å²) in [5.41, 5.74) is 3.40. The van der Waals surface area contributed by atoms with Gasteiger partial charge in [0.05, 0.1) is 6.21 Å². The van der Waals surface area contributed by atoms with Gasteiger partial charge in [-0.1, -0.05) is 12.1 Å². The van der Waals surface area contributed by atoms with E-state index in [1.54, 1.807) is 29.7 Å². The first-order valence-corrected chi connectivity index (χ1v) is 7.01. The third-order valence-electron chi connectivity index (χ3n) is 2.73. The highest BCUT2D eigenvalue weighted by atomic mass is 32.1. The Morgan fingerprint density at radius 1 is 1.35 bits per heavy atom. The van der Waals surface area contributed by atoms with Gasteiger partial charge >= 0.3 is 0 Å². The first-order valence-electron chi connectivity index (χ1n) is 6.06. The average molecular weight is 288 g/mol. The lowest BCUT2D eigenvalue weighted by atomic mass is 10.2. The number of nitrogens with zero attached hydrogens (tertiary/aromatic N) is 1. The summed E-state index contributed by atoms with van der Waals surface area (Å²) in [4.78, 5) is 11.9. The van der Waals surface area contributed by atoms with Gasteiger partial charge < -0.3 is 9.47 Å². The molecule has 0 unspecified atom stereocenters. The Morgan fingerprint density at radius 2 is 2.20 bits per heavy atom. The van der Waals surface area contributed by atoms with Crippen LogP contribution in [0.4, 0.5) is 0 Å². The van der Waals surface area contributed by atoms with Crippen molar-refractivity contribution in [1.82, 2.24) is 5.43 Å². The van der Waals surface area contributed by atoms with Crippen LogP contribution in [0.3, 0.4) is 0 Å². The third-order valence-corrected chi connectivity index (χ3v) is 3.43. The summed E-state index contributed by atoms with van der Waals surface area (Å²) in [7, 11) is 0. The number of hydrogen-bond donors (Lipinski definition) is 1. The fourth-order valence-corrected chi connectivity index (χ4v) is 2.35. The third kappa shape index (κ3) is 2.80. The minimum Gasteiger partial charge on any atom is -0.485 e. The quantitative estimate of drug-likeness (QED) is 0.694. The lowest BCUT2D eigenvalue weighted by molar-refractivity contribution is -0.130. The smallest absolute Gasteiger partial charge is 0.284 e. The molecule has 20 heavy (non-hydrogen) atoms. The number of ether oxygens (including phenoxy) is 2. The van der Waals surface area contributed by atoms with Gasteiger partial charge in [-0.3, -0.25) is 4.79 Å². The molecule has 0 radical (unpaired) electrons. The SMILES string of the molecule is O=C(N/N=C\c1ccsc1)[C@@H]1COc2ccccc2O1. The van der Waals surface area contributed by atoms with E-state index in [1.165, 1.54) is 0 Å². The second kappa shape index (κ2) is 5.75. The number of hydrazone groups is 1. The van der Waals surface area contributed by atoms with Crippen molar-refractivity contribution < 1.29 is 14.3 Å². The molecular weight excluding hydrogens is 276 g/mol. The van der Waals surface area contributed by atoms with Gasteiger partial charge in [-0.2, -0.15) is 16.4 Å². The molecule has 1 atom stereocenters. The number of thiophene rings is 1. The topological polar surface area (TPSA) is 59.9 Å². The van der Waals surface area contributed by atoms with E-state index in [-0.39, 0.29) is 12.5 Å². The van der Waals surface area contributed by atoms with Crippen molar-refractivity contribution in [3.63, 3.8) is 0 Å². The van der Waals surface area contributed by atoms with Gasteiger partial charge in [-0.25, -0.2) is 5.43 Å². The largest absolute Gasteiger partial charge is 0.485 e. The zero-order valence-electron chi connectivity index (χ0n) is 10.5. The minimum atomic E-state index is -0.690. The Labute approximate surface area is 119 Å². The van der Waals surface area contributed by atoms with Crippen LogP contribution in [0.25, 0.3) is 0 Å². The predicted molar refractivity (Wildman–Crippen MR) is 76.4 cm³/mol. The number of amides is 1. The molecular formula is C14H12N2O3S. The number of hydrogen-bond acceptors (Lipinski definition) is 5. The summed E-state index contributed by atoms with van der Waals surface area (Å²) in [6, 6.07) is 9.17. The molecule has 0 spiro atoms. The Bertz CT molecular complexity index is 625. The molecule has 1 aliphatic heterocycles. The van der Waals surface area contributed by atoms with E-state index in [1.807, 2.05) is 29.0 Å². The molecule has 2 heterocycles. The summed E-state index contributed by atoms with van der Waals surface area (Å²) < 4.78 is 11.0. The maximum absolute atomic E-state index is 11.9. The van der Waals surface area contributed by atoms with Crippen molar-refractivity contribution in [3.8, 4) is 11.5 Å². The van der Waals surface area contributed by atoms with E-state index in [9.17, 15) is 4.79 Å². The fraction of sp³-hybridized carbons (Fsp3) is 0.143. The second-order valence-corrected chi connectivity index (χ2v) is 4.94. The van der Waals surface area contributed by atoms with E-state index < -0.39 is 6.10 Å². The fourth-order valence-electron chi connectivity index (χ4n) is 1.74. The number of para-hydroxylation sites is 2. The molecule has 1 aromatic carbocycles. The number of nitrogens with one attached hydrogen (secondary N) is 1. The van der Waals surface area contributed by atoms with Crippen molar-refractivity contribution in [1.29, 1.82) is 0 Å². The molecule has 5 nitrogen and oxygen atoms in total. The summed E-state index contributed by atoms with van der Waals surface area (Å²) in [5, 5.41) is 7.77. The molecule has 0 aliphatic carbocycles. The van der Waals surface area contributed by atoms with Gasteiger partial charge in [0.1, 0.15) is 6.61 Å². The van der Waals surface area contributed by atoms with E-state index >= 15 is 0 Å². The Balaban J connectivity index is 1.59. The number of benzene rings is 1. The summed E-state index contributed by atoms with van der Waals surface area (Å²) in [6.45, 7) is 0.177. The van der Waals surface area contributed by atoms with Crippen LogP contribution in [0.2, 0.25) is 0 Å². The molecule has 0 saturated heterocycles. The molecule has 1 aromatic heterocycles. The van der Waals surface area contributed by atoms with Crippen molar-refractivity contribution in [2.45, 2.75) is 6.10 Å². The lowest BCUT2D eigenvalue weighted by Gasteiger charge is -2.24. The molecule has 2 aromatic rings. The van der Waals surface area contributed by atoms with Gasteiger partial charge in [-0.05, 0) is 29.0 Å². The Morgan fingerprint density at radius 3 is 3.00 bits per heavy atom. The van der Waals surface area contributed by atoms with Crippen molar-refractivity contribution in [3.05, 3.63) is 46.7 Å². The number of carbonyl (C=O) groups is 1. The zero-order valence-corrected chi connectivity index (χ0v) is 11.3. The number of rotatable bonds is 3. The van der Waals surface area contributed by atoms with E-state index in [0.717, 1.165) is 5.56 Å². The normalized spacial score (nSPS) is 17.1. The maximum atomic E-state index is 11.9.